The monoisotopic (exact) mass is 663 g/mol. The highest BCUT2D eigenvalue weighted by atomic mass is 16.5. The number of hydrogen-bond donors (Lipinski definition) is 0. The van der Waals surface area contributed by atoms with Crippen molar-refractivity contribution < 1.29 is 4.74 Å². The van der Waals surface area contributed by atoms with E-state index in [1.54, 1.807) is 0 Å². The van der Waals surface area contributed by atoms with Crippen LogP contribution >= 0.6 is 0 Å². The van der Waals surface area contributed by atoms with Crippen LogP contribution < -0.4 is 9.64 Å². The highest BCUT2D eigenvalue weighted by Gasteiger charge is 2.28. The lowest BCUT2D eigenvalue weighted by atomic mass is 9.90. The zero-order chi connectivity index (χ0) is 34.4. The largest absolute Gasteiger partial charge is 0.453 e. The molecule has 0 aromatic heterocycles. The third-order valence-corrected chi connectivity index (χ3v) is 10.2. The number of nitrogens with zero attached hydrogens (tertiary/aromatic N) is 1. The minimum atomic E-state index is 0.821. The summed E-state index contributed by atoms with van der Waals surface area (Å²) in [5.74, 6) is 1.68. The SMILES string of the molecule is c1ccc(-c2ccc(N(c3ccc4ccccc4c3)c3cccc4c3Oc3c(-c5ccccc5)cccc3-c3cc5ccccc5cc3-4)cc2)cc1. The molecule has 10 rings (SSSR count). The van der Waals surface area contributed by atoms with E-state index in [9.17, 15) is 0 Å². The number of fused-ring (bicyclic) bond motifs is 7. The van der Waals surface area contributed by atoms with Gasteiger partial charge >= 0.3 is 0 Å². The van der Waals surface area contributed by atoms with Crippen molar-refractivity contribution in [3.8, 4) is 56.0 Å². The number of rotatable bonds is 5. The molecule has 52 heavy (non-hydrogen) atoms. The molecule has 0 amide bonds. The van der Waals surface area contributed by atoms with Gasteiger partial charge in [0.2, 0.25) is 0 Å². The molecule has 1 aliphatic heterocycles. The quantitative estimate of drug-likeness (QED) is 0.182. The fourth-order valence-corrected chi connectivity index (χ4v) is 7.69. The lowest BCUT2D eigenvalue weighted by Crippen LogP contribution is -2.11. The van der Waals surface area contributed by atoms with Crippen LogP contribution in [0.25, 0.3) is 66.1 Å². The van der Waals surface area contributed by atoms with Crippen LogP contribution in [0.3, 0.4) is 0 Å². The van der Waals surface area contributed by atoms with Gasteiger partial charge in [0.15, 0.2) is 5.75 Å². The van der Waals surface area contributed by atoms with Gasteiger partial charge < -0.3 is 9.64 Å². The van der Waals surface area contributed by atoms with E-state index < -0.39 is 0 Å². The Morgan fingerprint density at radius 3 is 1.46 bits per heavy atom. The van der Waals surface area contributed by atoms with Crippen LogP contribution in [0.2, 0.25) is 0 Å². The summed E-state index contributed by atoms with van der Waals surface area (Å²) in [4.78, 5) is 2.34. The van der Waals surface area contributed by atoms with Crippen LogP contribution in [-0.2, 0) is 0 Å². The van der Waals surface area contributed by atoms with Crippen molar-refractivity contribution in [3.05, 3.63) is 200 Å². The first-order valence-corrected chi connectivity index (χ1v) is 17.8. The van der Waals surface area contributed by atoms with Crippen LogP contribution in [0, 0.1) is 0 Å². The molecule has 2 heteroatoms. The second-order valence-electron chi connectivity index (χ2n) is 13.3. The maximum atomic E-state index is 7.39. The van der Waals surface area contributed by atoms with Gasteiger partial charge in [-0.2, -0.15) is 0 Å². The van der Waals surface area contributed by atoms with E-state index in [2.05, 4.69) is 205 Å². The predicted octanol–water partition coefficient (Wildman–Crippen LogP) is 14.2. The number of para-hydroxylation sites is 2. The van der Waals surface area contributed by atoms with E-state index in [-0.39, 0.29) is 0 Å². The molecule has 0 aliphatic carbocycles. The molecule has 0 spiro atoms. The van der Waals surface area contributed by atoms with E-state index in [0.717, 1.165) is 61.9 Å². The Morgan fingerprint density at radius 2 is 0.788 bits per heavy atom. The molecule has 2 nitrogen and oxygen atoms in total. The molecule has 0 bridgehead atoms. The fourth-order valence-electron chi connectivity index (χ4n) is 7.69. The third kappa shape index (κ3) is 5.12. The topological polar surface area (TPSA) is 12.5 Å². The molecule has 0 saturated heterocycles. The summed E-state index contributed by atoms with van der Waals surface area (Å²) in [7, 11) is 0. The van der Waals surface area contributed by atoms with E-state index in [1.807, 2.05) is 0 Å². The predicted molar refractivity (Wildman–Crippen MR) is 218 cm³/mol. The van der Waals surface area contributed by atoms with E-state index >= 15 is 0 Å². The second kappa shape index (κ2) is 12.5. The molecule has 9 aromatic rings. The maximum Gasteiger partial charge on any atom is 0.159 e. The zero-order valence-corrected chi connectivity index (χ0v) is 28.4. The average molecular weight is 664 g/mol. The van der Waals surface area contributed by atoms with Gasteiger partial charge in [-0.3, -0.25) is 0 Å². The smallest absolute Gasteiger partial charge is 0.159 e. The van der Waals surface area contributed by atoms with Crippen molar-refractivity contribution in [2.24, 2.45) is 0 Å². The first-order valence-electron chi connectivity index (χ1n) is 17.8. The van der Waals surface area contributed by atoms with Crippen LogP contribution in [0.5, 0.6) is 11.5 Å². The van der Waals surface area contributed by atoms with E-state index in [1.165, 1.54) is 32.7 Å². The average Bonchev–Trinajstić information content (AvgIpc) is 3.35. The maximum absolute atomic E-state index is 7.39. The standard InChI is InChI=1S/C50H33NO/c1-3-13-34(14-4-1)36-25-28-41(29-26-36)51(42-30-27-35-15-7-8-18-38(35)31-42)48-24-12-23-45-47-33-40-20-10-9-19-39(40)32-46(47)44-22-11-21-43(49(44)52-50(45)48)37-16-5-2-6-17-37/h1-33H. The highest BCUT2D eigenvalue weighted by molar-refractivity contribution is 6.03. The van der Waals surface area contributed by atoms with Gasteiger partial charge in [0, 0.05) is 28.1 Å². The van der Waals surface area contributed by atoms with Gasteiger partial charge in [-0.15, -0.1) is 0 Å². The summed E-state index contributed by atoms with van der Waals surface area (Å²) in [6, 6.07) is 71.6. The van der Waals surface area contributed by atoms with Crippen molar-refractivity contribution >= 4 is 38.6 Å². The van der Waals surface area contributed by atoms with Gasteiger partial charge in [0.25, 0.3) is 0 Å². The van der Waals surface area contributed by atoms with Crippen molar-refractivity contribution in [1.29, 1.82) is 0 Å². The van der Waals surface area contributed by atoms with Crippen molar-refractivity contribution in [3.63, 3.8) is 0 Å². The number of benzene rings is 9. The lowest BCUT2D eigenvalue weighted by molar-refractivity contribution is 0.490. The van der Waals surface area contributed by atoms with E-state index in [0.29, 0.717) is 0 Å². The van der Waals surface area contributed by atoms with Crippen LogP contribution in [-0.4, -0.2) is 0 Å². The van der Waals surface area contributed by atoms with Gasteiger partial charge in [0.05, 0.1) is 5.69 Å². The van der Waals surface area contributed by atoms with Gasteiger partial charge in [-0.05, 0) is 91.8 Å². The molecule has 0 radical (unpaired) electrons. The molecule has 0 unspecified atom stereocenters. The number of anilines is 3. The molecular weight excluding hydrogens is 631 g/mol. The second-order valence-corrected chi connectivity index (χ2v) is 13.3. The molecule has 9 aromatic carbocycles. The Labute approximate surface area is 303 Å². The van der Waals surface area contributed by atoms with Crippen molar-refractivity contribution in [2.75, 3.05) is 4.90 Å². The molecule has 0 atom stereocenters. The molecule has 0 saturated carbocycles. The minimum Gasteiger partial charge on any atom is -0.453 e. The number of hydrogen-bond acceptors (Lipinski definition) is 2. The first kappa shape index (κ1) is 30.0. The van der Waals surface area contributed by atoms with Crippen LogP contribution in [0.4, 0.5) is 17.1 Å². The minimum absolute atomic E-state index is 0.821. The third-order valence-electron chi connectivity index (χ3n) is 10.2. The highest BCUT2D eigenvalue weighted by Crippen LogP contribution is 2.55. The zero-order valence-electron chi connectivity index (χ0n) is 28.4. The molecule has 1 heterocycles. The molecule has 0 N–H and O–H groups in total. The molecule has 244 valence electrons. The van der Waals surface area contributed by atoms with E-state index in [4.69, 9.17) is 4.74 Å². The normalized spacial score (nSPS) is 11.6. The van der Waals surface area contributed by atoms with Gasteiger partial charge in [-0.1, -0.05) is 158 Å². The summed E-state index contributed by atoms with van der Waals surface area (Å²) in [6.07, 6.45) is 0. The Bertz CT molecular complexity index is 2750. The Morgan fingerprint density at radius 1 is 0.288 bits per heavy atom. The Hall–Kier alpha value is -6.90. The summed E-state index contributed by atoms with van der Waals surface area (Å²) in [6.45, 7) is 0. The summed E-state index contributed by atoms with van der Waals surface area (Å²) >= 11 is 0. The van der Waals surface area contributed by atoms with Crippen LogP contribution in [0.15, 0.2) is 200 Å². The van der Waals surface area contributed by atoms with Crippen molar-refractivity contribution in [1.82, 2.24) is 0 Å². The summed E-state index contributed by atoms with van der Waals surface area (Å²) in [5, 5.41) is 4.79. The van der Waals surface area contributed by atoms with Crippen molar-refractivity contribution in [2.45, 2.75) is 0 Å². The Kier molecular flexibility index (Phi) is 7.18. The summed E-state index contributed by atoms with van der Waals surface area (Å²) in [5.41, 5.74) is 12.1. The molecule has 1 aliphatic rings. The lowest BCUT2D eigenvalue weighted by Gasteiger charge is -2.29. The first-order chi connectivity index (χ1) is 25.8. The number of ether oxygens (including phenoxy) is 1. The molecule has 0 fully saturated rings. The Balaban J connectivity index is 1.25. The summed E-state index contributed by atoms with van der Waals surface area (Å²) < 4.78 is 7.39. The van der Waals surface area contributed by atoms with Crippen LogP contribution in [0.1, 0.15) is 0 Å². The molecular formula is C50H33NO. The fraction of sp³-hybridized carbons (Fsp3) is 0. The van der Waals surface area contributed by atoms with Gasteiger partial charge in [0.1, 0.15) is 5.75 Å². The van der Waals surface area contributed by atoms with Gasteiger partial charge in [-0.25, -0.2) is 0 Å².